The van der Waals surface area contributed by atoms with Gasteiger partial charge in [0.15, 0.2) is 5.58 Å². The van der Waals surface area contributed by atoms with Gasteiger partial charge in [0.05, 0.1) is 60.9 Å². The molecule has 10 aromatic carbocycles. The molecule has 0 saturated heterocycles. The smallest absolute Gasteiger partial charge is 0.159 e. The van der Waals surface area contributed by atoms with E-state index in [1.165, 1.54) is 54.1 Å². The topological polar surface area (TPSA) is 32.9 Å². The molecule has 15 rings (SSSR count). The number of aromatic nitrogens is 4. The van der Waals surface area contributed by atoms with Crippen LogP contribution >= 0.6 is 0 Å². The number of furan rings is 1. The Kier molecular flexibility index (Phi) is 6.89. The molecule has 5 heterocycles. The lowest BCUT2D eigenvalue weighted by atomic mass is 10.1. The lowest BCUT2D eigenvalue weighted by Crippen LogP contribution is -2.00. The van der Waals surface area contributed by atoms with Crippen molar-refractivity contribution in [2.75, 3.05) is 0 Å². The molecule has 0 fully saturated rings. The second kappa shape index (κ2) is 12.9. The summed E-state index contributed by atoms with van der Waals surface area (Å²) >= 11 is 0. The Morgan fingerprint density at radius 1 is 0.246 bits per heavy atom. The van der Waals surface area contributed by atoms with E-state index in [-0.39, 0.29) is 0 Å². The third-order valence-corrected chi connectivity index (χ3v) is 13.9. The summed E-state index contributed by atoms with van der Waals surface area (Å²) in [5, 5.41) is 11.9. The fourth-order valence-electron chi connectivity index (χ4n) is 11.3. The maximum absolute atomic E-state index is 7.20. The van der Waals surface area contributed by atoms with Crippen molar-refractivity contribution in [2.24, 2.45) is 0 Å². The van der Waals surface area contributed by atoms with E-state index in [1.807, 2.05) is 0 Å². The number of nitrogens with zero attached hydrogens (tertiary/aromatic N) is 4. The van der Waals surface area contributed by atoms with Gasteiger partial charge >= 0.3 is 0 Å². The highest BCUT2D eigenvalue weighted by atomic mass is 16.3. The Hall–Kier alpha value is -8.80. The summed E-state index contributed by atoms with van der Waals surface area (Å²) in [6, 6.07) is 79.5. The van der Waals surface area contributed by atoms with Crippen molar-refractivity contribution in [2.45, 2.75) is 0 Å². The summed E-state index contributed by atoms with van der Waals surface area (Å²) < 4.78 is 16.9. The Morgan fingerprint density at radius 2 is 0.615 bits per heavy atom. The lowest BCUT2D eigenvalue weighted by Gasteiger charge is -2.15. The summed E-state index contributed by atoms with van der Waals surface area (Å²) in [4.78, 5) is 0. The zero-order valence-electron chi connectivity index (χ0n) is 35.0. The zero-order valence-corrected chi connectivity index (χ0v) is 35.0. The van der Waals surface area contributed by atoms with E-state index in [1.54, 1.807) is 0 Å². The maximum Gasteiger partial charge on any atom is 0.159 e. The first kappa shape index (κ1) is 34.7. The lowest BCUT2D eigenvalue weighted by molar-refractivity contribution is 0.666. The molecule has 0 aliphatic carbocycles. The van der Waals surface area contributed by atoms with Crippen LogP contribution in [-0.4, -0.2) is 18.3 Å². The molecule has 15 aromatic rings. The second-order valence-electron chi connectivity index (χ2n) is 17.3. The zero-order chi connectivity index (χ0) is 42.3. The van der Waals surface area contributed by atoms with Crippen LogP contribution in [0.3, 0.4) is 0 Å². The van der Waals surface area contributed by atoms with Gasteiger partial charge in [0.1, 0.15) is 5.58 Å². The van der Waals surface area contributed by atoms with Gasteiger partial charge in [0.25, 0.3) is 0 Å². The minimum absolute atomic E-state index is 0.844. The predicted molar refractivity (Wildman–Crippen MR) is 271 cm³/mol. The van der Waals surface area contributed by atoms with Crippen LogP contribution in [0.25, 0.3) is 132 Å². The summed E-state index contributed by atoms with van der Waals surface area (Å²) in [7, 11) is 0. The van der Waals surface area contributed by atoms with Crippen molar-refractivity contribution in [1.29, 1.82) is 0 Å². The van der Waals surface area contributed by atoms with E-state index in [0.29, 0.717) is 0 Å². The summed E-state index contributed by atoms with van der Waals surface area (Å²) in [5.74, 6) is 0. The average molecular weight is 829 g/mol. The molecule has 0 atom stereocenters. The fourth-order valence-corrected chi connectivity index (χ4v) is 11.3. The SMILES string of the molecule is c1cc(-n2c3ccccc3c3ccccc32)c2c(c1)oc1c(-n3c4ccccc4c4ccccc43)cc(-n3c4ccccc4c4cc(-n5c6ccccc6c6ccccc65)ccc43)cc12. The van der Waals surface area contributed by atoms with Gasteiger partial charge in [0, 0.05) is 59.9 Å². The van der Waals surface area contributed by atoms with E-state index in [0.717, 1.165) is 77.8 Å². The highest BCUT2D eigenvalue weighted by Gasteiger charge is 2.24. The third-order valence-electron chi connectivity index (χ3n) is 13.9. The largest absolute Gasteiger partial charge is 0.454 e. The number of hydrogen-bond acceptors (Lipinski definition) is 1. The first-order valence-corrected chi connectivity index (χ1v) is 22.3. The third kappa shape index (κ3) is 4.65. The normalized spacial score (nSPS) is 12.3. The highest BCUT2D eigenvalue weighted by molar-refractivity contribution is 6.18. The molecule has 0 aliphatic heterocycles. The number of rotatable bonds is 4. The van der Waals surface area contributed by atoms with Crippen LogP contribution in [0.1, 0.15) is 0 Å². The molecule has 0 radical (unpaired) electrons. The minimum atomic E-state index is 0.844. The Morgan fingerprint density at radius 3 is 1.09 bits per heavy atom. The summed E-state index contributed by atoms with van der Waals surface area (Å²) in [6.45, 7) is 0. The number of hydrogen-bond donors (Lipinski definition) is 0. The molecule has 0 N–H and O–H groups in total. The molecule has 0 saturated carbocycles. The summed E-state index contributed by atoms with van der Waals surface area (Å²) in [6.07, 6.45) is 0. The molecule has 5 nitrogen and oxygen atoms in total. The van der Waals surface area contributed by atoms with Crippen molar-refractivity contribution >= 4 is 109 Å². The van der Waals surface area contributed by atoms with Gasteiger partial charge < -0.3 is 22.7 Å². The molecule has 302 valence electrons. The average Bonchev–Trinajstić information content (AvgIpc) is 4.17. The number of benzene rings is 10. The first-order chi connectivity index (χ1) is 32.3. The van der Waals surface area contributed by atoms with Gasteiger partial charge in [-0.3, -0.25) is 0 Å². The molecule has 0 spiro atoms. The van der Waals surface area contributed by atoms with Gasteiger partial charge in [0.2, 0.25) is 0 Å². The molecule has 0 bridgehead atoms. The highest BCUT2D eigenvalue weighted by Crippen LogP contribution is 2.45. The molecule has 5 heteroatoms. The van der Waals surface area contributed by atoms with Crippen LogP contribution in [0.5, 0.6) is 0 Å². The van der Waals surface area contributed by atoms with Gasteiger partial charge in [-0.05, 0) is 84.9 Å². The standard InChI is InChI=1S/C60H36N4O/c1-8-23-48-39(16-1)40-17-2-9-24-49(40)61(48)37-32-33-55-46(34-37)45-22-7-10-25-50(45)62(55)38-35-47-59-56(63-51-26-11-3-18-41(51)42-19-4-12-27-52(42)63)30-15-31-58(59)65-60(47)57(36-38)64-53-28-13-5-20-43(53)44-21-6-14-29-54(44)64/h1-36H. The van der Waals surface area contributed by atoms with Crippen LogP contribution < -0.4 is 0 Å². The van der Waals surface area contributed by atoms with Crippen molar-refractivity contribution in [3.05, 3.63) is 218 Å². The van der Waals surface area contributed by atoms with Gasteiger partial charge in [-0.25, -0.2) is 0 Å². The predicted octanol–water partition coefficient (Wildman–Crippen LogP) is 16.0. The quantitative estimate of drug-likeness (QED) is 0.174. The molecule has 0 amide bonds. The van der Waals surface area contributed by atoms with E-state index in [2.05, 4.69) is 237 Å². The molecule has 0 aliphatic rings. The first-order valence-electron chi connectivity index (χ1n) is 22.3. The molecule has 65 heavy (non-hydrogen) atoms. The van der Waals surface area contributed by atoms with Gasteiger partial charge in [-0.15, -0.1) is 0 Å². The van der Waals surface area contributed by atoms with E-state index in [9.17, 15) is 0 Å². The number of fused-ring (bicyclic) bond motifs is 15. The van der Waals surface area contributed by atoms with Gasteiger partial charge in [-0.1, -0.05) is 133 Å². The van der Waals surface area contributed by atoms with Crippen molar-refractivity contribution in [1.82, 2.24) is 18.3 Å². The summed E-state index contributed by atoms with van der Waals surface area (Å²) in [5.41, 5.74) is 15.2. The van der Waals surface area contributed by atoms with Crippen LogP contribution in [-0.2, 0) is 0 Å². The molecular formula is C60H36N4O. The maximum atomic E-state index is 7.20. The van der Waals surface area contributed by atoms with Crippen molar-refractivity contribution < 1.29 is 4.42 Å². The Balaban J connectivity index is 1.08. The molecular weight excluding hydrogens is 793 g/mol. The van der Waals surface area contributed by atoms with E-state index < -0.39 is 0 Å². The van der Waals surface area contributed by atoms with Gasteiger partial charge in [-0.2, -0.15) is 0 Å². The van der Waals surface area contributed by atoms with Crippen LogP contribution in [0, 0.1) is 0 Å². The second-order valence-corrected chi connectivity index (χ2v) is 17.3. The molecule has 0 unspecified atom stereocenters. The Labute approximate surface area is 371 Å². The van der Waals surface area contributed by atoms with E-state index >= 15 is 0 Å². The fraction of sp³-hybridized carbons (Fsp3) is 0. The van der Waals surface area contributed by atoms with Crippen LogP contribution in [0.4, 0.5) is 0 Å². The Bertz CT molecular complexity index is 4330. The molecule has 5 aromatic heterocycles. The van der Waals surface area contributed by atoms with E-state index in [4.69, 9.17) is 4.42 Å². The minimum Gasteiger partial charge on any atom is -0.454 e. The van der Waals surface area contributed by atoms with Crippen LogP contribution in [0.2, 0.25) is 0 Å². The van der Waals surface area contributed by atoms with Crippen LogP contribution in [0.15, 0.2) is 223 Å². The monoisotopic (exact) mass is 828 g/mol. The number of para-hydroxylation sites is 7. The van der Waals surface area contributed by atoms with Crippen molar-refractivity contribution in [3.63, 3.8) is 0 Å². The van der Waals surface area contributed by atoms with Crippen molar-refractivity contribution in [3.8, 4) is 22.7 Å².